The van der Waals surface area contributed by atoms with E-state index in [1.54, 1.807) is 0 Å². The van der Waals surface area contributed by atoms with Crippen LogP contribution in [0.2, 0.25) is 0 Å². The zero-order chi connectivity index (χ0) is 25.6. The van der Waals surface area contributed by atoms with Crippen LogP contribution in [0.4, 0.5) is 0 Å². The number of nitrogens with one attached hydrogen (secondary N) is 2. The van der Waals surface area contributed by atoms with E-state index < -0.39 is 0 Å². The summed E-state index contributed by atoms with van der Waals surface area (Å²) < 4.78 is 6.17. The summed E-state index contributed by atoms with van der Waals surface area (Å²) in [7, 11) is 0. The average molecular weight is 489 g/mol. The molecular weight excluding hydrogens is 456 g/mol. The number of hydrogen-bond acceptors (Lipinski definition) is 3. The maximum absolute atomic E-state index is 6.17. The minimum Gasteiger partial charge on any atom is -0.492 e. The molecule has 37 heavy (non-hydrogen) atoms. The predicted molar refractivity (Wildman–Crippen MR) is 153 cm³/mol. The topological polar surface area (TPSA) is 66.6 Å². The molecule has 0 amide bonds. The summed E-state index contributed by atoms with van der Waals surface area (Å²) in [6.45, 7) is 6.67. The maximum Gasteiger partial charge on any atom is 0.138 e. The molecule has 2 N–H and O–H groups in total. The van der Waals surface area contributed by atoms with Crippen LogP contribution in [-0.2, 0) is 6.42 Å². The summed E-state index contributed by atoms with van der Waals surface area (Å²) in [4.78, 5) is 8.18. The maximum atomic E-state index is 6.17. The first-order chi connectivity index (χ1) is 18.3. The van der Waals surface area contributed by atoms with E-state index in [0.29, 0.717) is 6.61 Å². The van der Waals surface area contributed by atoms with Crippen molar-refractivity contribution in [2.75, 3.05) is 6.61 Å². The molecule has 0 saturated heterocycles. The van der Waals surface area contributed by atoms with E-state index in [2.05, 4.69) is 82.0 Å². The molecule has 0 unspecified atom stereocenters. The molecule has 0 bridgehead atoms. The molecule has 0 aliphatic heterocycles. The third kappa shape index (κ3) is 5.12. The number of aromatic nitrogens is 4. The van der Waals surface area contributed by atoms with Crippen LogP contribution < -0.4 is 4.74 Å². The molecule has 3 aromatic heterocycles. The summed E-state index contributed by atoms with van der Waals surface area (Å²) in [5.74, 6) is 0.780. The van der Waals surface area contributed by atoms with E-state index in [1.807, 2.05) is 45.2 Å². The van der Waals surface area contributed by atoms with Gasteiger partial charge < -0.3 is 9.72 Å². The van der Waals surface area contributed by atoms with Crippen LogP contribution in [-0.4, -0.2) is 26.8 Å². The quantitative estimate of drug-likeness (QED) is 0.223. The molecule has 6 aromatic rings. The van der Waals surface area contributed by atoms with Crippen molar-refractivity contribution in [1.82, 2.24) is 20.2 Å². The first-order valence-electron chi connectivity index (χ1n) is 12.9. The Labute approximate surface area is 217 Å². The van der Waals surface area contributed by atoms with Crippen molar-refractivity contribution >= 4 is 21.8 Å². The van der Waals surface area contributed by atoms with Gasteiger partial charge in [-0.05, 0) is 55.2 Å². The number of benzene rings is 3. The van der Waals surface area contributed by atoms with Crippen LogP contribution in [0.25, 0.3) is 44.2 Å². The number of rotatable bonds is 7. The fourth-order valence-corrected chi connectivity index (χ4v) is 4.67. The van der Waals surface area contributed by atoms with Crippen molar-refractivity contribution in [3.05, 3.63) is 103 Å². The van der Waals surface area contributed by atoms with Gasteiger partial charge in [0.05, 0.1) is 24.0 Å². The van der Waals surface area contributed by atoms with E-state index in [-0.39, 0.29) is 0 Å². The molecule has 6 rings (SSSR count). The Morgan fingerprint density at radius 1 is 0.838 bits per heavy atom. The Balaban J connectivity index is 0.00000137. The number of aryl methyl sites for hydroxylation is 2. The van der Waals surface area contributed by atoms with Gasteiger partial charge in [-0.1, -0.05) is 68.4 Å². The van der Waals surface area contributed by atoms with Crippen LogP contribution >= 0.6 is 0 Å². The monoisotopic (exact) mass is 488 g/mol. The first-order valence-corrected chi connectivity index (χ1v) is 12.9. The van der Waals surface area contributed by atoms with Gasteiger partial charge in [-0.3, -0.25) is 10.1 Å². The van der Waals surface area contributed by atoms with Crippen LogP contribution in [0.15, 0.2) is 91.3 Å². The van der Waals surface area contributed by atoms with E-state index in [1.165, 1.54) is 16.5 Å². The second-order valence-corrected chi connectivity index (χ2v) is 8.83. The first kappa shape index (κ1) is 24.3. The van der Waals surface area contributed by atoms with Gasteiger partial charge in [-0.15, -0.1) is 0 Å². The third-order valence-electron chi connectivity index (χ3n) is 6.50. The summed E-state index contributed by atoms with van der Waals surface area (Å²) in [6.07, 6.45) is 5.83. The Morgan fingerprint density at radius 3 is 2.51 bits per heavy atom. The molecular formula is C32H32N4O. The predicted octanol–water partition coefficient (Wildman–Crippen LogP) is 8.12. The minimum atomic E-state index is 0.630. The highest BCUT2D eigenvalue weighted by Crippen LogP contribution is 2.35. The SMILES string of the molecule is CC.Cc1[nH]nc2ccc(-c3cc(OCCCc4c[nH]c5ccccc45)cnc3-c3ccccc3)cc12. The van der Waals surface area contributed by atoms with Crippen molar-refractivity contribution in [2.45, 2.75) is 33.6 Å². The van der Waals surface area contributed by atoms with Crippen molar-refractivity contribution < 1.29 is 4.74 Å². The third-order valence-corrected chi connectivity index (χ3v) is 6.50. The lowest BCUT2D eigenvalue weighted by Crippen LogP contribution is -2.01. The lowest BCUT2D eigenvalue weighted by atomic mass is 9.98. The molecule has 0 atom stereocenters. The second-order valence-electron chi connectivity index (χ2n) is 8.83. The molecule has 0 aliphatic rings. The van der Waals surface area contributed by atoms with Crippen LogP contribution in [0, 0.1) is 6.92 Å². The standard InChI is InChI=1S/C30H26N4O.C2H6/c1-20-26-16-22(13-14-29(26)34-33-20)27-17-24(19-32-30(27)21-8-3-2-4-9-21)35-15-7-10-23-18-31-28-12-6-5-11-25(23)28;1-2/h2-6,8-9,11-14,16-19,31H,7,10,15H2,1H3,(H,33,34);1-2H3. The van der Waals surface area contributed by atoms with Crippen molar-refractivity contribution in [2.24, 2.45) is 0 Å². The zero-order valence-corrected chi connectivity index (χ0v) is 21.6. The summed E-state index contributed by atoms with van der Waals surface area (Å²) in [5, 5.41) is 9.85. The smallest absolute Gasteiger partial charge is 0.138 e. The zero-order valence-electron chi connectivity index (χ0n) is 21.6. The Morgan fingerprint density at radius 2 is 1.65 bits per heavy atom. The Hall–Kier alpha value is -4.38. The van der Waals surface area contributed by atoms with Gasteiger partial charge in [0, 0.05) is 39.3 Å². The summed E-state index contributed by atoms with van der Waals surface area (Å²) in [6, 6.07) is 27.2. The van der Waals surface area contributed by atoms with E-state index in [0.717, 1.165) is 57.6 Å². The van der Waals surface area contributed by atoms with E-state index in [4.69, 9.17) is 9.72 Å². The number of para-hydroxylation sites is 1. The van der Waals surface area contributed by atoms with Gasteiger partial charge in [0.1, 0.15) is 5.75 Å². The van der Waals surface area contributed by atoms with Gasteiger partial charge in [-0.2, -0.15) is 5.10 Å². The number of nitrogens with zero attached hydrogens (tertiary/aromatic N) is 2. The number of H-pyrrole nitrogens is 2. The molecule has 186 valence electrons. The molecule has 3 heterocycles. The van der Waals surface area contributed by atoms with Gasteiger partial charge in [0.15, 0.2) is 0 Å². The lowest BCUT2D eigenvalue weighted by molar-refractivity contribution is 0.310. The number of aromatic amines is 2. The van der Waals surface area contributed by atoms with E-state index in [9.17, 15) is 0 Å². The Kier molecular flexibility index (Phi) is 7.31. The lowest BCUT2D eigenvalue weighted by Gasteiger charge is -2.13. The van der Waals surface area contributed by atoms with Gasteiger partial charge in [-0.25, -0.2) is 0 Å². The second kappa shape index (κ2) is 11.1. The summed E-state index contributed by atoms with van der Waals surface area (Å²) >= 11 is 0. The normalized spacial score (nSPS) is 10.9. The van der Waals surface area contributed by atoms with Crippen LogP contribution in [0.1, 0.15) is 31.5 Å². The summed E-state index contributed by atoms with van der Waals surface area (Å²) in [5.41, 5.74) is 8.69. The number of fused-ring (bicyclic) bond motifs is 2. The Bertz CT molecular complexity index is 1610. The molecule has 0 radical (unpaired) electrons. The van der Waals surface area contributed by atoms with Crippen LogP contribution in [0.5, 0.6) is 5.75 Å². The number of pyridine rings is 1. The highest BCUT2D eigenvalue weighted by atomic mass is 16.5. The fraction of sp³-hybridized carbons (Fsp3) is 0.188. The van der Waals surface area contributed by atoms with Gasteiger partial charge >= 0.3 is 0 Å². The highest BCUT2D eigenvalue weighted by Gasteiger charge is 2.13. The van der Waals surface area contributed by atoms with Crippen LogP contribution in [0.3, 0.4) is 0 Å². The molecule has 5 nitrogen and oxygen atoms in total. The molecule has 0 fully saturated rings. The fourth-order valence-electron chi connectivity index (χ4n) is 4.67. The highest BCUT2D eigenvalue weighted by molar-refractivity contribution is 5.90. The van der Waals surface area contributed by atoms with Gasteiger partial charge in [0.2, 0.25) is 0 Å². The van der Waals surface area contributed by atoms with Crippen molar-refractivity contribution in [3.8, 4) is 28.1 Å². The van der Waals surface area contributed by atoms with Gasteiger partial charge in [0.25, 0.3) is 0 Å². The van der Waals surface area contributed by atoms with E-state index >= 15 is 0 Å². The number of ether oxygens (including phenoxy) is 1. The molecule has 0 saturated carbocycles. The molecule has 5 heteroatoms. The average Bonchev–Trinajstić information content (AvgIpc) is 3.55. The minimum absolute atomic E-state index is 0.630. The largest absolute Gasteiger partial charge is 0.492 e. The number of hydrogen-bond donors (Lipinski definition) is 2. The molecule has 3 aromatic carbocycles. The van der Waals surface area contributed by atoms with Crippen molar-refractivity contribution in [1.29, 1.82) is 0 Å². The van der Waals surface area contributed by atoms with Crippen molar-refractivity contribution in [3.63, 3.8) is 0 Å². The molecule has 0 aliphatic carbocycles. The molecule has 0 spiro atoms.